The first-order valence-corrected chi connectivity index (χ1v) is 7.92. The lowest BCUT2D eigenvalue weighted by atomic mass is 10.1. The SMILES string of the molecule is CC(NC(=O)c1ccc2c(c1)NC(=O)CO2)c1nc2ccccc2[nH]1. The van der Waals surface area contributed by atoms with Gasteiger partial charge in [0.1, 0.15) is 11.6 Å². The molecular formula is C18H16N4O3. The first-order valence-electron chi connectivity index (χ1n) is 7.92. The zero-order valence-electron chi connectivity index (χ0n) is 13.5. The molecule has 1 aromatic heterocycles. The van der Waals surface area contributed by atoms with Crippen LogP contribution in [-0.4, -0.2) is 28.4 Å². The molecule has 1 unspecified atom stereocenters. The molecule has 0 saturated carbocycles. The van der Waals surface area contributed by atoms with Crippen molar-refractivity contribution >= 4 is 28.5 Å². The van der Waals surface area contributed by atoms with E-state index in [4.69, 9.17) is 4.74 Å². The van der Waals surface area contributed by atoms with Gasteiger partial charge < -0.3 is 20.4 Å². The van der Waals surface area contributed by atoms with Gasteiger partial charge in [-0.3, -0.25) is 9.59 Å². The predicted molar refractivity (Wildman–Crippen MR) is 92.5 cm³/mol. The molecule has 0 bridgehead atoms. The van der Waals surface area contributed by atoms with Crippen LogP contribution in [0.4, 0.5) is 5.69 Å². The fraction of sp³-hybridized carbons (Fsp3) is 0.167. The number of aromatic nitrogens is 2. The Morgan fingerprint density at radius 2 is 2.12 bits per heavy atom. The highest BCUT2D eigenvalue weighted by Gasteiger charge is 2.19. The van der Waals surface area contributed by atoms with Crippen LogP contribution >= 0.6 is 0 Å². The standard InChI is InChI=1S/C18H16N4O3/c1-10(17-21-12-4-2-3-5-13(12)22-17)19-18(24)11-6-7-15-14(8-11)20-16(23)9-25-15/h2-8,10H,9H2,1H3,(H,19,24)(H,20,23)(H,21,22). The Hall–Kier alpha value is -3.35. The first kappa shape index (κ1) is 15.2. The molecule has 126 valence electrons. The zero-order chi connectivity index (χ0) is 17.4. The number of nitrogens with zero attached hydrogens (tertiary/aromatic N) is 1. The topological polar surface area (TPSA) is 96.1 Å². The maximum atomic E-state index is 12.5. The van der Waals surface area contributed by atoms with Crippen molar-refractivity contribution in [1.82, 2.24) is 15.3 Å². The predicted octanol–water partition coefficient (Wildman–Crippen LogP) is 2.38. The molecular weight excluding hydrogens is 320 g/mol. The molecule has 4 rings (SSSR count). The fourth-order valence-corrected chi connectivity index (χ4v) is 2.75. The van der Waals surface area contributed by atoms with E-state index in [2.05, 4.69) is 20.6 Å². The van der Waals surface area contributed by atoms with Crippen molar-refractivity contribution in [1.29, 1.82) is 0 Å². The van der Waals surface area contributed by atoms with Crippen LogP contribution in [0.2, 0.25) is 0 Å². The Morgan fingerprint density at radius 3 is 2.96 bits per heavy atom. The molecule has 0 aliphatic carbocycles. The van der Waals surface area contributed by atoms with Crippen molar-refractivity contribution in [3.8, 4) is 5.75 Å². The molecule has 3 N–H and O–H groups in total. The molecule has 0 spiro atoms. The van der Waals surface area contributed by atoms with E-state index in [0.717, 1.165) is 11.0 Å². The molecule has 1 atom stereocenters. The summed E-state index contributed by atoms with van der Waals surface area (Å²) in [5, 5.41) is 5.60. The summed E-state index contributed by atoms with van der Waals surface area (Å²) in [6, 6.07) is 12.3. The summed E-state index contributed by atoms with van der Waals surface area (Å²) < 4.78 is 5.30. The zero-order valence-corrected chi connectivity index (χ0v) is 13.5. The maximum Gasteiger partial charge on any atom is 0.262 e. The quantitative estimate of drug-likeness (QED) is 0.684. The number of aromatic amines is 1. The molecule has 2 aromatic carbocycles. The van der Waals surface area contributed by atoms with Crippen LogP contribution in [0.15, 0.2) is 42.5 Å². The second-order valence-corrected chi connectivity index (χ2v) is 5.88. The van der Waals surface area contributed by atoms with Crippen molar-refractivity contribution in [2.24, 2.45) is 0 Å². The Balaban J connectivity index is 1.53. The van der Waals surface area contributed by atoms with Gasteiger partial charge in [0.15, 0.2) is 6.61 Å². The van der Waals surface area contributed by atoms with E-state index in [-0.39, 0.29) is 24.5 Å². The molecule has 0 fully saturated rings. The number of anilines is 1. The summed E-state index contributed by atoms with van der Waals surface area (Å²) in [5.74, 6) is 0.752. The monoisotopic (exact) mass is 336 g/mol. The maximum absolute atomic E-state index is 12.5. The number of carbonyl (C=O) groups is 2. The Kier molecular flexibility index (Phi) is 3.61. The minimum absolute atomic E-state index is 0.0123. The molecule has 3 aromatic rings. The van der Waals surface area contributed by atoms with Gasteiger partial charge in [-0.1, -0.05) is 12.1 Å². The molecule has 25 heavy (non-hydrogen) atoms. The number of H-pyrrole nitrogens is 1. The highest BCUT2D eigenvalue weighted by molar-refractivity contribution is 6.00. The molecule has 7 nitrogen and oxygen atoms in total. The number of imidazole rings is 1. The normalized spacial score (nSPS) is 14.4. The number of fused-ring (bicyclic) bond motifs is 2. The van der Waals surface area contributed by atoms with Crippen molar-refractivity contribution in [3.63, 3.8) is 0 Å². The van der Waals surface area contributed by atoms with Crippen LogP contribution < -0.4 is 15.4 Å². The van der Waals surface area contributed by atoms with E-state index in [1.807, 2.05) is 31.2 Å². The van der Waals surface area contributed by atoms with Gasteiger partial charge in [0, 0.05) is 5.56 Å². The van der Waals surface area contributed by atoms with Crippen LogP contribution in [0.5, 0.6) is 5.75 Å². The molecule has 2 amide bonds. The molecule has 0 radical (unpaired) electrons. The summed E-state index contributed by atoms with van der Waals surface area (Å²) in [6.45, 7) is 1.85. The van der Waals surface area contributed by atoms with Crippen LogP contribution in [0.3, 0.4) is 0 Å². The smallest absolute Gasteiger partial charge is 0.262 e. The number of hydrogen-bond acceptors (Lipinski definition) is 4. The van der Waals surface area contributed by atoms with Gasteiger partial charge in [0.05, 0.1) is 22.8 Å². The van der Waals surface area contributed by atoms with E-state index in [9.17, 15) is 9.59 Å². The van der Waals surface area contributed by atoms with E-state index in [0.29, 0.717) is 22.8 Å². The molecule has 1 aliphatic rings. The van der Waals surface area contributed by atoms with Gasteiger partial charge >= 0.3 is 0 Å². The minimum Gasteiger partial charge on any atom is -0.482 e. The van der Waals surface area contributed by atoms with Gasteiger partial charge in [-0.05, 0) is 37.3 Å². The fourth-order valence-electron chi connectivity index (χ4n) is 2.75. The lowest BCUT2D eigenvalue weighted by Gasteiger charge is -2.19. The van der Waals surface area contributed by atoms with E-state index < -0.39 is 0 Å². The van der Waals surface area contributed by atoms with Gasteiger partial charge in [-0.2, -0.15) is 0 Å². The highest BCUT2D eigenvalue weighted by Crippen LogP contribution is 2.28. The Bertz CT molecular complexity index is 946. The second kappa shape index (κ2) is 5.94. The van der Waals surface area contributed by atoms with Gasteiger partial charge in [0.25, 0.3) is 11.8 Å². The van der Waals surface area contributed by atoms with Crippen LogP contribution in [0, 0.1) is 0 Å². The Labute approximate surface area is 143 Å². The number of hydrogen-bond donors (Lipinski definition) is 3. The number of carbonyl (C=O) groups excluding carboxylic acids is 2. The molecule has 1 aliphatic heterocycles. The van der Waals surface area contributed by atoms with Crippen LogP contribution in [0.25, 0.3) is 11.0 Å². The number of nitrogens with one attached hydrogen (secondary N) is 3. The van der Waals surface area contributed by atoms with Gasteiger partial charge in [-0.25, -0.2) is 4.98 Å². The van der Waals surface area contributed by atoms with Crippen molar-refractivity contribution in [3.05, 3.63) is 53.9 Å². The highest BCUT2D eigenvalue weighted by atomic mass is 16.5. The number of amides is 2. The number of rotatable bonds is 3. The van der Waals surface area contributed by atoms with Crippen LogP contribution in [-0.2, 0) is 4.79 Å². The number of para-hydroxylation sites is 2. The lowest BCUT2D eigenvalue weighted by molar-refractivity contribution is -0.118. The number of benzene rings is 2. The van der Waals surface area contributed by atoms with E-state index in [1.165, 1.54) is 0 Å². The largest absolute Gasteiger partial charge is 0.482 e. The molecule has 2 heterocycles. The average Bonchev–Trinajstić information content (AvgIpc) is 3.05. The van der Waals surface area contributed by atoms with Crippen molar-refractivity contribution < 1.29 is 14.3 Å². The minimum atomic E-state index is -0.290. The number of ether oxygens (including phenoxy) is 1. The third-order valence-electron chi connectivity index (χ3n) is 4.04. The summed E-state index contributed by atoms with van der Waals surface area (Å²) in [5.41, 5.74) is 2.72. The van der Waals surface area contributed by atoms with E-state index >= 15 is 0 Å². The van der Waals surface area contributed by atoms with Gasteiger partial charge in [-0.15, -0.1) is 0 Å². The first-order chi connectivity index (χ1) is 12.1. The summed E-state index contributed by atoms with van der Waals surface area (Å²) in [6.07, 6.45) is 0. The molecule has 0 saturated heterocycles. The summed E-state index contributed by atoms with van der Waals surface area (Å²) >= 11 is 0. The second-order valence-electron chi connectivity index (χ2n) is 5.88. The Morgan fingerprint density at radius 1 is 1.28 bits per heavy atom. The van der Waals surface area contributed by atoms with Crippen molar-refractivity contribution in [2.75, 3.05) is 11.9 Å². The molecule has 7 heteroatoms. The summed E-state index contributed by atoms with van der Waals surface area (Å²) in [7, 11) is 0. The van der Waals surface area contributed by atoms with E-state index in [1.54, 1.807) is 18.2 Å². The van der Waals surface area contributed by atoms with Crippen LogP contribution in [0.1, 0.15) is 29.1 Å². The third-order valence-corrected chi connectivity index (χ3v) is 4.04. The summed E-state index contributed by atoms with van der Waals surface area (Å²) in [4.78, 5) is 31.6. The van der Waals surface area contributed by atoms with Crippen molar-refractivity contribution in [2.45, 2.75) is 13.0 Å². The third kappa shape index (κ3) is 2.91. The lowest BCUT2D eigenvalue weighted by Crippen LogP contribution is -2.28. The van der Waals surface area contributed by atoms with Gasteiger partial charge in [0.2, 0.25) is 0 Å². The average molecular weight is 336 g/mol.